The molecule has 6 heteroatoms. The lowest BCUT2D eigenvalue weighted by molar-refractivity contribution is -0.138. The molecule has 0 aliphatic rings. The molecule has 0 saturated heterocycles. The van der Waals surface area contributed by atoms with Crippen molar-refractivity contribution in [2.24, 2.45) is 5.73 Å². The van der Waals surface area contributed by atoms with Gasteiger partial charge in [0, 0.05) is 12.8 Å². The Hall–Kier alpha value is -1.43. The Bertz CT molecular complexity index is 202. The molecule has 0 spiro atoms. The fourth-order valence-corrected chi connectivity index (χ4v) is 0.348. The van der Waals surface area contributed by atoms with E-state index in [2.05, 4.69) is 0 Å². The number of carbonyl (C=O) groups is 3. The van der Waals surface area contributed by atoms with Crippen LogP contribution in [0.15, 0.2) is 0 Å². The smallest absolute Gasteiger partial charge is 0.303 e. The maximum atomic E-state index is 10.3. The van der Waals surface area contributed by atoms with Crippen molar-refractivity contribution >= 4 is 17.7 Å². The van der Waals surface area contributed by atoms with Crippen LogP contribution in [0.3, 0.4) is 0 Å². The van der Waals surface area contributed by atoms with Crippen LogP contribution in [0.5, 0.6) is 0 Å². The molecule has 0 aromatic carbocycles. The van der Waals surface area contributed by atoms with Crippen molar-refractivity contribution in [3.8, 4) is 0 Å². The fraction of sp³-hybridized carbons (Fsp3) is 0.625. The second-order valence-electron chi connectivity index (χ2n) is 2.38. The summed E-state index contributed by atoms with van der Waals surface area (Å²) in [7, 11) is 0. The molecule has 0 bridgehead atoms. The molecule has 0 amide bonds. The van der Waals surface area contributed by atoms with Crippen LogP contribution in [0.4, 0.5) is 0 Å². The number of nitrogens with two attached hydrogens (primary N) is 1. The van der Waals surface area contributed by atoms with Crippen molar-refractivity contribution in [1.82, 2.24) is 0 Å². The van der Waals surface area contributed by atoms with Gasteiger partial charge in [-0.2, -0.15) is 0 Å². The van der Waals surface area contributed by atoms with Gasteiger partial charge in [-0.15, -0.1) is 0 Å². The lowest BCUT2D eigenvalue weighted by Gasteiger charge is -1.90. The first kappa shape index (κ1) is 15.1. The number of carbonyl (C=O) groups excluding carboxylic acids is 1. The second-order valence-corrected chi connectivity index (χ2v) is 2.38. The van der Waals surface area contributed by atoms with Crippen LogP contribution in [0.25, 0.3) is 0 Å². The van der Waals surface area contributed by atoms with Crippen molar-refractivity contribution in [2.45, 2.75) is 26.2 Å². The second kappa shape index (κ2) is 9.66. The van der Waals surface area contributed by atoms with Gasteiger partial charge in [0.1, 0.15) is 5.78 Å². The maximum Gasteiger partial charge on any atom is 0.303 e. The molecule has 4 N–H and O–H groups in total. The predicted octanol–water partition coefficient (Wildman–Crippen LogP) is -0.140. The van der Waals surface area contributed by atoms with Crippen LogP contribution in [-0.2, 0) is 14.4 Å². The maximum absolute atomic E-state index is 10.3. The van der Waals surface area contributed by atoms with Crippen LogP contribution in [-0.4, -0.2) is 34.5 Å². The van der Waals surface area contributed by atoms with E-state index in [1.807, 2.05) is 0 Å². The van der Waals surface area contributed by atoms with Gasteiger partial charge < -0.3 is 15.9 Å². The molecule has 0 aromatic heterocycles. The van der Waals surface area contributed by atoms with Gasteiger partial charge in [0.25, 0.3) is 0 Å². The number of carboxylic acids is 2. The molecule has 0 atom stereocenters. The van der Waals surface area contributed by atoms with Gasteiger partial charge in [-0.1, -0.05) is 6.92 Å². The third-order valence-electron chi connectivity index (χ3n) is 1.15. The molecule has 0 radical (unpaired) electrons. The van der Waals surface area contributed by atoms with E-state index in [0.29, 0.717) is 0 Å². The Morgan fingerprint density at radius 1 is 1.07 bits per heavy atom. The molecule has 0 saturated carbocycles. The van der Waals surface area contributed by atoms with Crippen molar-refractivity contribution < 1.29 is 24.6 Å². The molecular weight excluding hydrogens is 190 g/mol. The number of hydrogen-bond acceptors (Lipinski definition) is 4. The summed E-state index contributed by atoms with van der Waals surface area (Å²) in [6.45, 7) is 1.54. The average Bonchev–Trinajstić information content (AvgIpc) is 2.14. The van der Waals surface area contributed by atoms with E-state index in [1.54, 1.807) is 6.92 Å². The Morgan fingerprint density at radius 3 is 1.71 bits per heavy atom. The average molecular weight is 205 g/mol. The number of rotatable bonds is 5. The van der Waals surface area contributed by atoms with Gasteiger partial charge in [-0.05, 0) is 0 Å². The van der Waals surface area contributed by atoms with E-state index in [0.717, 1.165) is 0 Å². The number of ketones is 1. The Labute approximate surface area is 81.7 Å². The van der Waals surface area contributed by atoms with Crippen LogP contribution in [0, 0.1) is 0 Å². The highest BCUT2D eigenvalue weighted by Crippen LogP contribution is 1.87. The summed E-state index contributed by atoms with van der Waals surface area (Å²) in [5.41, 5.74) is 4.92. The molecular formula is C8H15NO5. The molecule has 0 heterocycles. The summed E-state index contributed by atoms with van der Waals surface area (Å²) in [6.07, 6.45) is 0.155. The summed E-state index contributed by atoms with van der Waals surface area (Å²) in [5.74, 6) is -1.92. The number of aliphatic carboxylic acids is 2. The third kappa shape index (κ3) is 16.9. The molecule has 82 valence electrons. The highest BCUT2D eigenvalue weighted by molar-refractivity contribution is 5.83. The summed E-state index contributed by atoms with van der Waals surface area (Å²) >= 11 is 0. The molecule has 0 fully saturated rings. The predicted molar refractivity (Wildman–Crippen MR) is 48.9 cm³/mol. The number of hydrogen-bond donors (Lipinski definition) is 3. The van der Waals surface area contributed by atoms with Crippen molar-refractivity contribution in [2.75, 3.05) is 6.54 Å². The zero-order chi connectivity index (χ0) is 11.6. The zero-order valence-corrected chi connectivity index (χ0v) is 8.02. The van der Waals surface area contributed by atoms with Gasteiger partial charge >= 0.3 is 11.9 Å². The molecule has 0 unspecified atom stereocenters. The van der Waals surface area contributed by atoms with E-state index >= 15 is 0 Å². The van der Waals surface area contributed by atoms with E-state index < -0.39 is 11.9 Å². The molecule has 0 aromatic rings. The lowest BCUT2D eigenvalue weighted by atomic mass is 10.2. The summed E-state index contributed by atoms with van der Waals surface area (Å²) in [4.78, 5) is 29.5. The Balaban J connectivity index is 0. The van der Waals surface area contributed by atoms with Gasteiger partial charge in [0.2, 0.25) is 0 Å². The molecule has 14 heavy (non-hydrogen) atoms. The van der Waals surface area contributed by atoms with E-state index in [-0.39, 0.29) is 31.6 Å². The van der Waals surface area contributed by atoms with Gasteiger partial charge in [-0.3, -0.25) is 14.4 Å². The van der Waals surface area contributed by atoms with Crippen molar-refractivity contribution in [3.05, 3.63) is 0 Å². The van der Waals surface area contributed by atoms with E-state index in [9.17, 15) is 14.4 Å². The largest absolute Gasteiger partial charge is 0.481 e. The minimum Gasteiger partial charge on any atom is -0.481 e. The molecule has 0 aliphatic heterocycles. The van der Waals surface area contributed by atoms with Crippen molar-refractivity contribution in [3.63, 3.8) is 0 Å². The van der Waals surface area contributed by atoms with Crippen LogP contribution in [0.2, 0.25) is 0 Å². The summed E-state index contributed by atoms with van der Waals surface area (Å²) in [6, 6.07) is 0. The van der Waals surface area contributed by atoms with E-state index in [1.165, 1.54) is 0 Å². The topological polar surface area (TPSA) is 118 Å². The quantitative estimate of drug-likeness (QED) is 0.575. The standard InChI is InChI=1S/C5H9NO3.C3H6O2/c6-3-4(7)1-2-5(8)9;1-2-3(4)5/h1-3,6H2,(H,8,9);2H2,1H3,(H,4,5). The number of Topliss-reactive ketones (excluding diaryl/α,β-unsaturated/α-hetero) is 1. The summed E-state index contributed by atoms with van der Waals surface area (Å²) < 4.78 is 0. The van der Waals surface area contributed by atoms with E-state index in [4.69, 9.17) is 15.9 Å². The first-order chi connectivity index (χ1) is 6.43. The SMILES string of the molecule is CCC(=O)O.NCC(=O)CCC(=O)O. The fourth-order valence-electron chi connectivity index (χ4n) is 0.348. The normalized spacial score (nSPS) is 8.43. The third-order valence-corrected chi connectivity index (χ3v) is 1.15. The number of carboxylic acid groups (broad SMARTS) is 2. The monoisotopic (exact) mass is 205 g/mol. The van der Waals surface area contributed by atoms with Crippen LogP contribution in [0.1, 0.15) is 26.2 Å². The molecule has 6 nitrogen and oxygen atoms in total. The minimum atomic E-state index is -0.961. The highest BCUT2D eigenvalue weighted by atomic mass is 16.4. The first-order valence-corrected chi connectivity index (χ1v) is 4.09. The Morgan fingerprint density at radius 2 is 1.50 bits per heavy atom. The van der Waals surface area contributed by atoms with Crippen molar-refractivity contribution in [1.29, 1.82) is 0 Å². The van der Waals surface area contributed by atoms with Gasteiger partial charge in [0.15, 0.2) is 0 Å². The first-order valence-electron chi connectivity index (χ1n) is 4.09. The highest BCUT2D eigenvalue weighted by Gasteiger charge is 2.01. The van der Waals surface area contributed by atoms with Crippen LogP contribution >= 0.6 is 0 Å². The molecule has 0 rings (SSSR count). The lowest BCUT2D eigenvalue weighted by Crippen LogP contribution is -2.14. The van der Waals surface area contributed by atoms with Gasteiger partial charge in [0.05, 0.1) is 13.0 Å². The Kier molecular flexibility index (Phi) is 10.4. The molecule has 0 aliphatic carbocycles. The zero-order valence-electron chi connectivity index (χ0n) is 8.02. The van der Waals surface area contributed by atoms with Crippen LogP contribution < -0.4 is 5.73 Å². The van der Waals surface area contributed by atoms with Gasteiger partial charge in [-0.25, -0.2) is 0 Å². The minimum absolute atomic E-state index is 0.0475. The summed E-state index contributed by atoms with van der Waals surface area (Å²) in [5, 5.41) is 15.8.